The number of nitriles is 1. The Morgan fingerprint density at radius 3 is 2.43 bits per heavy atom. The second-order valence-corrected chi connectivity index (χ2v) is 8.61. The average molecular weight is 322 g/mol. The summed E-state index contributed by atoms with van der Waals surface area (Å²) in [5, 5.41) is 9.73. The van der Waals surface area contributed by atoms with E-state index in [1.165, 1.54) is 0 Å². The van der Waals surface area contributed by atoms with Gasteiger partial charge in [0.1, 0.15) is 6.07 Å². The molecule has 4 nitrogen and oxygen atoms in total. The predicted octanol–water partition coefficient (Wildman–Crippen LogP) is 2.61. The first kappa shape index (κ1) is 14.9. The van der Waals surface area contributed by atoms with Crippen molar-refractivity contribution < 1.29 is 8.42 Å². The Morgan fingerprint density at radius 1 is 1.24 bits per heavy atom. The smallest absolute Gasteiger partial charge is 0.207 e. The van der Waals surface area contributed by atoms with Crippen molar-refractivity contribution >= 4 is 21.8 Å². The topological polar surface area (TPSA) is 61.2 Å². The normalized spacial score (nSPS) is 29.2. The summed E-state index contributed by atoms with van der Waals surface area (Å²) in [7, 11) is -3.57. The van der Waals surface area contributed by atoms with Gasteiger partial charge < -0.3 is 0 Å². The third kappa shape index (κ3) is 2.48. The summed E-state index contributed by atoms with van der Waals surface area (Å²) in [6.45, 7) is 0. The highest BCUT2D eigenvalue weighted by molar-refractivity contribution is 7.99. The standard InChI is InChI=1S/C15H18N2O2S2/c1-20-14-8-12-6-7-13(9-14)17(12)21(18,19)15-5-3-2-4-11(15)10-16/h2-5,12-14H,6-9H2,1H3. The second-order valence-electron chi connectivity index (χ2n) is 5.66. The maximum absolute atomic E-state index is 13.0. The van der Waals surface area contributed by atoms with Crippen molar-refractivity contribution in [3.05, 3.63) is 29.8 Å². The molecule has 1 aromatic rings. The van der Waals surface area contributed by atoms with Crippen LogP contribution in [0.15, 0.2) is 29.2 Å². The van der Waals surface area contributed by atoms with Gasteiger partial charge in [-0.25, -0.2) is 8.42 Å². The highest BCUT2D eigenvalue weighted by atomic mass is 32.2. The summed E-state index contributed by atoms with van der Waals surface area (Å²) in [4.78, 5) is 0.159. The van der Waals surface area contributed by atoms with E-state index in [0.29, 0.717) is 5.25 Å². The van der Waals surface area contributed by atoms with Gasteiger partial charge in [0.05, 0.1) is 10.5 Å². The molecule has 2 bridgehead atoms. The van der Waals surface area contributed by atoms with Gasteiger partial charge in [-0.1, -0.05) is 12.1 Å². The Kier molecular flexibility index (Phi) is 4.00. The number of rotatable bonds is 3. The molecule has 2 aliphatic rings. The first-order valence-corrected chi connectivity index (χ1v) is 9.86. The van der Waals surface area contributed by atoms with E-state index in [9.17, 15) is 13.7 Å². The van der Waals surface area contributed by atoms with E-state index in [1.54, 1.807) is 28.6 Å². The summed E-state index contributed by atoms with van der Waals surface area (Å²) < 4.78 is 27.7. The highest BCUT2D eigenvalue weighted by Gasteiger charge is 2.47. The van der Waals surface area contributed by atoms with Crippen molar-refractivity contribution in [1.29, 1.82) is 5.26 Å². The van der Waals surface area contributed by atoms with Crippen molar-refractivity contribution in [3.8, 4) is 6.07 Å². The van der Waals surface area contributed by atoms with E-state index in [-0.39, 0.29) is 22.5 Å². The molecule has 0 amide bonds. The van der Waals surface area contributed by atoms with Gasteiger partial charge in [0.15, 0.2) is 0 Å². The predicted molar refractivity (Wildman–Crippen MR) is 83.5 cm³/mol. The van der Waals surface area contributed by atoms with Gasteiger partial charge in [-0.05, 0) is 44.1 Å². The molecule has 2 saturated heterocycles. The number of nitrogens with zero attached hydrogens (tertiary/aromatic N) is 2. The van der Waals surface area contributed by atoms with Gasteiger partial charge >= 0.3 is 0 Å². The van der Waals surface area contributed by atoms with Crippen molar-refractivity contribution in [1.82, 2.24) is 4.31 Å². The minimum absolute atomic E-state index is 0.0953. The molecule has 2 aliphatic heterocycles. The highest BCUT2D eigenvalue weighted by Crippen LogP contribution is 2.42. The van der Waals surface area contributed by atoms with Gasteiger partial charge in [-0.15, -0.1) is 0 Å². The Balaban J connectivity index is 1.99. The third-order valence-electron chi connectivity index (χ3n) is 4.52. The summed E-state index contributed by atoms with van der Waals surface area (Å²) in [6, 6.07) is 8.70. The van der Waals surface area contributed by atoms with Gasteiger partial charge in [-0.2, -0.15) is 21.3 Å². The van der Waals surface area contributed by atoms with Crippen LogP contribution >= 0.6 is 11.8 Å². The first-order chi connectivity index (χ1) is 10.1. The van der Waals surface area contributed by atoms with Crippen molar-refractivity contribution in [2.24, 2.45) is 0 Å². The van der Waals surface area contributed by atoms with Crippen LogP contribution < -0.4 is 0 Å². The molecule has 21 heavy (non-hydrogen) atoms. The van der Waals surface area contributed by atoms with E-state index in [0.717, 1.165) is 25.7 Å². The molecule has 0 spiro atoms. The quantitative estimate of drug-likeness (QED) is 0.858. The van der Waals surface area contributed by atoms with Crippen LogP contribution in [0.3, 0.4) is 0 Å². The number of piperidine rings is 1. The van der Waals surface area contributed by atoms with Crippen molar-refractivity contribution in [3.63, 3.8) is 0 Å². The van der Waals surface area contributed by atoms with Crippen molar-refractivity contribution in [2.75, 3.05) is 6.26 Å². The first-order valence-electron chi connectivity index (χ1n) is 7.13. The van der Waals surface area contributed by atoms with Crippen LogP contribution in [0.4, 0.5) is 0 Å². The molecule has 2 heterocycles. The van der Waals surface area contributed by atoms with Crippen LogP contribution in [-0.4, -0.2) is 36.3 Å². The minimum atomic E-state index is -3.57. The summed E-state index contributed by atoms with van der Waals surface area (Å²) in [5.74, 6) is 0. The summed E-state index contributed by atoms with van der Waals surface area (Å²) in [6.07, 6.45) is 5.82. The molecule has 3 rings (SSSR count). The van der Waals surface area contributed by atoms with E-state index in [2.05, 4.69) is 6.26 Å². The van der Waals surface area contributed by atoms with Crippen LogP contribution in [0.5, 0.6) is 0 Å². The SMILES string of the molecule is CSC1CC2CCC(C1)N2S(=O)(=O)c1ccccc1C#N. The van der Waals surface area contributed by atoms with E-state index >= 15 is 0 Å². The van der Waals surface area contributed by atoms with Crippen LogP contribution in [0, 0.1) is 11.3 Å². The van der Waals surface area contributed by atoms with Crippen LogP contribution in [-0.2, 0) is 10.0 Å². The zero-order chi connectivity index (χ0) is 15.0. The summed E-state index contributed by atoms with van der Waals surface area (Å²) >= 11 is 1.84. The minimum Gasteiger partial charge on any atom is -0.207 e. The third-order valence-corrected chi connectivity index (χ3v) is 7.63. The molecule has 0 N–H and O–H groups in total. The number of hydrogen-bond acceptors (Lipinski definition) is 4. The lowest BCUT2D eigenvalue weighted by Crippen LogP contribution is -2.47. The Hall–Kier alpha value is -1.03. The molecule has 0 saturated carbocycles. The Morgan fingerprint density at radius 2 is 1.86 bits per heavy atom. The molecule has 1 aromatic carbocycles. The Labute approximate surface area is 130 Å². The molecule has 2 atom stereocenters. The molecular weight excluding hydrogens is 304 g/mol. The fourth-order valence-corrected chi connectivity index (χ4v) is 6.43. The van der Waals surface area contributed by atoms with Gasteiger partial charge in [0, 0.05) is 17.3 Å². The molecule has 112 valence electrons. The van der Waals surface area contributed by atoms with E-state index < -0.39 is 10.0 Å². The van der Waals surface area contributed by atoms with Crippen molar-refractivity contribution in [2.45, 2.75) is 47.9 Å². The van der Waals surface area contributed by atoms with E-state index in [1.807, 2.05) is 17.8 Å². The number of thioether (sulfide) groups is 1. The number of benzene rings is 1. The van der Waals surface area contributed by atoms with E-state index in [4.69, 9.17) is 0 Å². The molecule has 6 heteroatoms. The van der Waals surface area contributed by atoms with Gasteiger partial charge in [-0.3, -0.25) is 0 Å². The molecule has 0 radical (unpaired) electrons. The molecule has 2 fully saturated rings. The molecular formula is C15H18N2O2S2. The zero-order valence-corrected chi connectivity index (χ0v) is 13.5. The molecule has 2 unspecified atom stereocenters. The van der Waals surface area contributed by atoms with Crippen LogP contribution in [0.2, 0.25) is 0 Å². The second kappa shape index (κ2) is 5.64. The van der Waals surface area contributed by atoms with Gasteiger partial charge in [0.2, 0.25) is 10.0 Å². The van der Waals surface area contributed by atoms with Crippen LogP contribution in [0.1, 0.15) is 31.2 Å². The lowest BCUT2D eigenvalue weighted by atomic mass is 10.1. The molecule has 0 aromatic heterocycles. The van der Waals surface area contributed by atoms with Crippen LogP contribution in [0.25, 0.3) is 0 Å². The fraction of sp³-hybridized carbons (Fsp3) is 0.533. The van der Waals surface area contributed by atoms with Gasteiger partial charge in [0.25, 0.3) is 0 Å². The summed E-state index contributed by atoms with van der Waals surface area (Å²) in [5.41, 5.74) is 0.240. The number of hydrogen-bond donors (Lipinski definition) is 0. The number of sulfonamides is 1. The largest absolute Gasteiger partial charge is 0.244 e. The fourth-order valence-electron chi connectivity index (χ4n) is 3.57. The zero-order valence-electron chi connectivity index (χ0n) is 11.9. The maximum Gasteiger partial charge on any atom is 0.244 e. The number of fused-ring (bicyclic) bond motifs is 2. The average Bonchev–Trinajstić information content (AvgIpc) is 2.79. The lowest BCUT2D eigenvalue weighted by molar-refractivity contribution is 0.253. The lowest BCUT2D eigenvalue weighted by Gasteiger charge is -2.37. The Bertz CT molecular complexity index is 667. The molecule has 0 aliphatic carbocycles. The maximum atomic E-state index is 13.0. The monoisotopic (exact) mass is 322 g/mol.